The van der Waals surface area contributed by atoms with Crippen LogP contribution in [0.1, 0.15) is 23.8 Å². The summed E-state index contributed by atoms with van der Waals surface area (Å²) in [6.07, 6.45) is 1.40. The number of hydrogen-bond donors (Lipinski definition) is 1. The summed E-state index contributed by atoms with van der Waals surface area (Å²) in [4.78, 5) is 3.71. The summed E-state index contributed by atoms with van der Waals surface area (Å²) in [5, 5.41) is 10.8. The van der Waals surface area contributed by atoms with Crippen LogP contribution in [0.15, 0.2) is 11.4 Å². The summed E-state index contributed by atoms with van der Waals surface area (Å²) in [5.74, 6) is 5.73. The molecular weight excluding hydrogens is 246 g/mol. The highest BCUT2D eigenvalue weighted by molar-refractivity contribution is 7.10. The Balaban J connectivity index is 2.01. The van der Waals surface area contributed by atoms with E-state index in [1.54, 1.807) is 11.3 Å². The molecule has 3 nitrogen and oxygen atoms in total. The van der Waals surface area contributed by atoms with Crippen molar-refractivity contribution in [3.05, 3.63) is 21.9 Å². The smallest absolute Gasteiger partial charge is 0.104 e. The second-order valence-corrected chi connectivity index (χ2v) is 5.49. The number of aliphatic hydroxyl groups is 1. The molecular formula is C14H19NO2S. The van der Waals surface area contributed by atoms with Gasteiger partial charge < -0.3 is 9.84 Å². The van der Waals surface area contributed by atoms with Gasteiger partial charge in [-0.2, -0.15) is 0 Å². The van der Waals surface area contributed by atoms with Gasteiger partial charge in [0, 0.05) is 36.7 Å². The van der Waals surface area contributed by atoms with Gasteiger partial charge in [0.05, 0.1) is 6.10 Å². The number of rotatable bonds is 2. The van der Waals surface area contributed by atoms with E-state index in [1.165, 1.54) is 4.88 Å². The summed E-state index contributed by atoms with van der Waals surface area (Å²) < 4.78 is 5.65. The van der Waals surface area contributed by atoms with Gasteiger partial charge in [-0.3, -0.25) is 4.90 Å². The molecule has 1 aromatic rings. The van der Waals surface area contributed by atoms with Crippen molar-refractivity contribution in [2.75, 3.05) is 26.3 Å². The highest BCUT2D eigenvalue weighted by Crippen LogP contribution is 2.19. The zero-order valence-electron chi connectivity index (χ0n) is 10.7. The van der Waals surface area contributed by atoms with Crippen LogP contribution in [0.4, 0.5) is 0 Å². The van der Waals surface area contributed by atoms with E-state index in [1.807, 2.05) is 6.07 Å². The molecule has 0 radical (unpaired) electrons. The van der Waals surface area contributed by atoms with E-state index in [2.05, 4.69) is 29.0 Å². The summed E-state index contributed by atoms with van der Waals surface area (Å²) in [6, 6.07) is 2.03. The van der Waals surface area contributed by atoms with E-state index in [4.69, 9.17) is 9.84 Å². The minimum Gasteiger partial charge on any atom is -0.384 e. The molecule has 2 rings (SSSR count). The Labute approximate surface area is 112 Å². The van der Waals surface area contributed by atoms with Gasteiger partial charge in [-0.15, -0.1) is 11.3 Å². The predicted molar refractivity (Wildman–Crippen MR) is 73.6 cm³/mol. The normalized spacial score (nSPS) is 21.1. The number of nitrogens with zero attached hydrogens (tertiary/aromatic N) is 1. The fourth-order valence-electron chi connectivity index (χ4n) is 2.14. The third kappa shape index (κ3) is 3.82. The van der Waals surface area contributed by atoms with Gasteiger partial charge in [0.25, 0.3) is 0 Å². The summed E-state index contributed by atoms with van der Waals surface area (Å²) in [7, 11) is 0. The first-order valence-electron chi connectivity index (χ1n) is 6.29. The molecule has 1 N–H and O–H groups in total. The van der Waals surface area contributed by atoms with E-state index in [0.717, 1.165) is 38.2 Å². The largest absolute Gasteiger partial charge is 0.384 e. The number of thiophene rings is 1. The van der Waals surface area contributed by atoms with E-state index in [9.17, 15) is 0 Å². The number of hydrogen-bond acceptors (Lipinski definition) is 4. The Hall–Kier alpha value is -0.860. The second kappa shape index (κ2) is 6.91. The third-order valence-electron chi connectivity index (χ3n) is 2.95. The van der Waals surface area contributed by atoms with Crippen LogP contribution in [-0.4, -0.2) is 42.4 Å². The van der Waals surface area contributed by atoms with Crippen molar-refractivity contribution in [2.45, 2.75) is 26.0 Å². The lowest BCUT2D eigenvalue weighted by molar-refractivity contribution is 0.0669. The molecule has 0 aromatic carbocycles. The molecule has 0 aliphatic carbocycles. The Morgan fingerprint density at radius 3 is 3.33 bits per heavy atom. The van der Waals surface area contributed by atoms with E-state index in [-0.39, 0.29) is 6.61 Å². The van der Waals surface area contributed by atoms with Gasteiger partial charge in [-0.05, 0) is 24.8 Å². The lowest BCUT2D eigenvalue weighted by atomic mass is 10.2. The van der Waals surface area contributed by atoms with Crippen LogP contribution in [0.3, 0.4) is 0 Å². The first-order valence-corrected chi connectivity index (χ1v) is 7.17. The molecule has 1 fully saturated rings. The lowest BCUT2D eigenvalue weighted by Gasteiger charge is -2.21. The van der Waals surface area contributed by atoms with Gasteiger partial charge in [-0.1, -0.05) is 11.8 Å². The Morgan fingerprint density at radius 2 is 2.50 bits per heavy atom. The van der Waals surface area contributed by atoms with Gasteiger partial charge >= 0.3 is 0 Å². The van der Waals surface area contributed by atoms with Crippen LogP contribution in [0.5, 0.6) is 0 Å². The first-order chi connectivity index (χ1) is 8.79. The van der Waals surface area contributed by atoms with E-state index >= 15 is 0 Å². The molecule has 0 bridgehead atoms. The van der Waals surface area contributed by atoms with Gasteiger partial charge in [0.15, 0.2) is 0 Å². The average Bonchev–Trinajstić information content (AvgIpc) is 2.68. The molecule has 0 amide bonds. The molecule has 0 saturated carbocycles. The topological polar surface area (TPSA) is 32.7 Å². The molecule has 98 valence electrons. The maximum atomic E-state index is 8.75. The third-order valence-corrected chi connectivity index (χ3v) is 3.86. The maximum absolute atomic E-state index is 8.75. The molecule has 1 atom stereocenters. The number of ether oxygens (including phenoxy) is 1. The fourth-order valence-corrected chi connectivity index (χ4v) is 3.01. The summed E-state index contributed by atoms with van der Waals surface area (Å²) in [6.45, 7) is 5.89. The van der Waals surface area contributed by atoms with Gasteiger partial charge in [0.1, 0.15) is 6.61 Å². The maximum Gasteiger partial charge on any atom is 0.104 e. The lowest BCUT2D eigenvalue weighted by Crippen LogP contribution is -2.29. The van der Waals surface area contributed by atoms with Crippen LogP contribution in [0.25, 0.3) is 0 Å². The van der Waals surface area contributed by atoms with Crippen LogP contribution >= 0.6 is 11.3 Å². The van der Waals surface area contributed by atoms with Gasteiger partial charge in [-0.25, -0.2) is 0 Å². The molecule has 1 saturated heterocycles. The standard InChI is InChI=1S/C14H19NO2S/c1-12-10-15(6-3-8-17-12)11-14-13(4-2-7-16)5-9-18-14/h5,9,12,16H,3,6-8,10-11H2,1H3. The minimum atomic E-state index is -0.0795. The summed E-state index contributed by atoms with van der Waals surface area (Å²) in [5.41, 5.74) is 1.05. The van der Waals surface area contributed by atoms with Crippen LogP contribution in [0.2, 0.25) is 0 Å². The molecule has 4 heteroatoms. The molecule has 1 aromatic heterocycles. The molecule has 1 aliphatic rings. The monoisotopic (exact) mass is 265 g/mol. The highest BCUT2D eigenvalue weighted by atomic mass is 32.1. The Morgan fingerprint density at radius 1 is 1.61 bits per heavy atom. The van der Waals surface area contributed by atoms with E-state index < -0.39 is 0 Å². The Bertz CT molecular complexity index is 432. The van der Waals surface area contributed by atoms with Crippen molar-refractivity contribution < 1.29 is 9.84 Å². The molecule has 18 heavy (non-hydrogen) atoms. The zero-order valence-corrected chi connectivity index (χ0v) is 11.5. The fraction of sp³-hybridized carbons (Fsp3) is 0.571. The van der Waals surface area contributed by atoms with Crippen molar-refractivity contribution in [2.24, 2.45) is 0 Å². The molecule has 2 heterocycles. The van der Waals surface area contributed by atoms with Crippen molar-refractivity contribution >= 4 is 11.3 Å². The van der Waals surface area contributed by atoms with Crippen LogP contribution in [-0.2, 0) is 11.3 Å². The highest BCUT2D eigenvalue weighted by Gasteiger charge is 2.16. The molecule has 1 unspecified atom stereocenters. The van der Waals surface area contributed by atoms with E-state index in [0.29, 0.717) is 6.10 Å². The second-order valence-electron chi connectivity index (χ2n) is 4.49. The Kier molecular flexibility index (Phi) is 5.21. The quantitative estimate of drug-likeness (QED) is 0.826. The summed E-state index contributed by atoms with van der Waals surface area (Å²) >= 11 is 1.74. The zero-order chi connectivity index (χ0) is 12.8. The van der Waals surface area contributed by atoms with Crippen molar-refractivity contribution in [3.63, 3.8) is 0 Å². The minimum absolute atomic E-state index is 0.0795. The first kappa shape index (κ1) is 13.6. The SMILES string of the molecule is CC1CN(Cc2sccc2C#CCO)CCCO1. The van der Waals surface area contributed by atoms with Crippen LogP contribution in [0, 0.1) is 11.8 Å². The van der Waals surface area contributed by atoms with Crippen LogP contribution < -0.4 is 0 Å². The predicted octanol–water partition coefficient (Wildman–Crippen LogP) is 1.70. The van der Waals surface area contributed by atoms with Gasteiger partial charge in [0.2, 0.25) is 0 Å². The number of aliphatic hydroxyl groups excluding tert-OH is 1. The van der Waals surface area contributed by atoms with Crippen molar-refractivity contribution in [1.82, 2.24) is 4.90 Å². The van der Waals surface area contributed by atoms with Crippen molar-refractivity contribution in [1.29, 1.82) is 0 Å². The average molecular weight is 265 g/mol. The molecule has 1 aliphatic heterocycles. The molecule has 0 spiro atoms. The van der Waals surface area contributed by atoms with Crippen molar-refractivity contribution in [3.8, 4) is 11.8 Å².